The van der Waals surface area contributed by atoms with E-state index in [2.05, 4.69) is 5.32 Å². The lowest BCUT2D eigenvalue weighted by atomic mass is 10.1. The average molecular weight is 625 g/mol. The summed E-state index contributed by atoms with van der Waals surface area (Å²) in [5.41, 5.74) is 0.137. The fourth-order valence-electron chi connectivity index (χ4n) is 4.10. The first-order valence-electron chi connectivity index (χ1n) is 12.6. The summed E-state index contributed by atoms with van der Waals surface area (Å²) < 4.78 is 28.7. The normalized spacial score (nSPS) is 12.5. The van der Waals surface area contributed by atoms with Gasteiger partial charge in [0.1, 0.15) is 12.6 Å². The van der Waals surface area contributed by atoms with Crippen LogP contribution in [0.1, 0.15) is 39.7 Å². The van der Waals surface area contributed by atoms with Crippen molar-refractivity contribution in [1.82, 2.24) is 10.2 Å². The Hall–Kier alpha value is -2.78. The number of hydrogen-bond donors (Lipinski definition) is 1. The number of nitrogens with one attached hydrogen (secondary N) is 1. The molecule has 3 rings (SSSR count). The summed E-state index contributed by atoms with van der Waals surface area (Å²) in [5.74, 6) is -0.973. The van der Waals surface area contributed by atoms with Crippen molar-refractivity contribution in [2.75, 3.05) is 10.8 Å². The van der Waals surface area contributed by atoms with Crippen molar-refractivity contribution in [2.24, 2.45) is 0 Å². The van der Waals surface area contributed by atoms with Crippen molar-refractivity contribution in [2.45, 2.75) is 57.1 Å². The lowest BCUT2D eigenvalue weighted by Crippen LogP contribution is -2.55. The molecule has 214 valence electrons. The van der Waals surface area contributed by atoms with Crippen molar-refractivity contribution >= 4 is 62.3 Å². The monoisotopic (exact) mass is 623 g/mol. The van der Waals surface area contributed by atoms with Gasteiger partial charge in [0.15, 0.2) is 0 Å². The first kappa shape index (κ1) is 31.7. The van der Waals surface area contributed by atoms with E-state index in [1.807, 2.05) is 20.8 Å². The molecule has 2 amide bonds. The molecule has 3 aromatic carbocycles. The average Bonchev–Trinajstić information content (AvgIpc) is 2.88. The molecular formula is C29H32Cl3N3O4S. The van der Waals surface area contributed by atoms with Crippen molar-refractivity contribution in [1.29, 1.82) is 0 Å². The number of rotatable bonds is 10. The van der Waals surface area contributed by atoms with E-state index in [-0.39, 0.29) is 34.5 Å². The molecule has 40 heavy (non-hydrogen) atoms. The number of nitrogens with zero attached hydrogens (tertiary/aromatic N) is 2. The lowest BCUT2D eigenvalue weighted by Gasteiger charge is -2.35. The van der Waals surface area contributed by atoms with Gasteiger partial charge >= 0.3 is 0 Å². The van der Waals surface area contributed by atoms with Crippen molar-refractivity contribution in [3.05, 3.63) is 93.4 Å². The third kappa shape index (κ3) is 7.91. The fraction of sp³-hybridized carbons (Fsp3) is 0.310. The van der Waals surface area contributed by atoms with Crippen LogP contribution in [0.25, 0.3) is 0 Å². The number of benzene rings is 3. The molecule has 1 N–H and O–H groups in total. The van der Waals surface area contributed by atoms with Crippen LogP contribution in [-0.4, -0.2) is 43.3 Å². The van der Waals surface area contributed by atoms with Gasteiger partial charge in [0.05, 0.1) is 15.6 Å². The van der Waals surface area contributed by atoms with Gasteiger partial charge in [-0.25, -0.2) is 8.42 Å². The molecule has 7 nitrogen and oxygen atoms in total. The summed E-state index contributed by atoms with van der Waals surface area (Å²) in [6, 6.07) is 18.2. The largest absolute Gasteiger partial charge is 0.350 e. The van der Waals surface area contributed by atoms with Gasteiger partial charge in [0.25, 0.3) is 10.0 Å². The highest BCUT2D eigenvalue weighted by molar-refractivity contribution is 7.92. The van der Waals surface area contributed by atoms with Gasteiger partial charge in [-0.15, -0.1) is 0 Å². The Bertz CT molecular complexity index is 1460. The van der Waals surface area contributed by atoms with Crippen LogP contribution in [0.5, 0.6) is 0 Å². The zero-order valence-electron chi connectivity index (χ0n) is 22.7. The van der Waals surface area contributed by atoms with E-state index in [4.69, 9.17) is 34.8 Å². The van der Waals surface area contributed by atoms with Gasteiger partial charge in [-0.2, -0.15) is 0 Å². The van der Waals surface area contributed by atoms with Gasteiger partial charge < -0.3 is 10.2 Å². The van der Waals surface area contributed by atoms with E-state index in [1.54, 1.807) is 49.4 Å². The summed E-state index contributed by atoms with van der Waals surface area (Å²) in [6.07, 6.45) is 0.283. The first-order valence-corrected chi connectivity index (χ1v) is 15.2. The Morgan fingerprint density at radius 2 is 1.52 bits per heavy atom. The second kappa shape index (κ2) is 13.3. The molecule has 1 atom stereocenters. The summed E-state index contributed by atoms with van der Waals surface area (Å²) in [6.45, 7) is 6.68. The maximum Gasteiger partial charge on any atom is 0.264 e. The summed E-state index contributed by atoms with van der Waals surface area (Å²) in [5, 5.41) is 3.71. The summed E-state index contributed by atoms with van der Waals surface area (Å²) >= 11 is 18.9. The predicted molar refractivity (Wildman–Crippen MR) is 161 cm³/mol. The highest BCUT2D eigenvalue weighted by Gasteiger charge is 2.35. The molecule has 0 spiro atoms. The summed E-state index contributed by atoms with van der Waals surface area (Å²) in [7, 11) is -4.25. The Morgan fingerprint density at radius 3 is 2.10 bits per heavy atom. The molecule has 11 heteroatoms. The minimum atomic E-state index is -4.25. The molecule has 0 aromatic heterocycles. The Labute approximate surface area is 251 Å². The molecule has 0 bridgehead atoms. The number of hydrogen-bond acceptors (Lipinski definition) is 4. The number of sulfonamides is 1. The van der Waals surface area contributed by atoms with Crippen LogP contribution in [0.15, 0.2) is 77.7 Å². The van der Waals surface area contributed by atoms with Crippen molar-refractivity contribution in [3.8, 4) is 0 Å². The van der Waals surface area contributed by atoms with Crippen molar-refractivity contribution < 1.29 is 18.0 Å². The molecular weight excluding hydrogens is 593 g/mol. The van der Waals surface area contributed by atoms with Crippen LogP contribution < -0.4 is 9.62 Å². The van der Waals surface area contributed by atoms with Crippen LogP contribution >= 0.6 is 34.8 Å². The number of halogens is 3. The van der Waals surface area contributed by atoms with Gasteiger partial charge in [0.2, 0.25) is 11.8 Å². The standard InChI is InChI=1S/C29H32Cl3N3O4S/c1-5-25(28(37)33-29(2,3)4)34(18-20-11-9-10-14-23(20)31)27(36)19-35(26-16-15-21(30)17-24(26)32)40(38,39)22-12-7-6-8-13-22/h6-17,25H,5,18-19H2,1-4H3,(H,33,37)/t25-/m1/s1. The van der Waals surface area contributed by atoms with Crippen LogP contribution in [0.2, 0.25) is 15.1 Å². The molecule has 0 aliphatic rings. The third-order valence-corrected chi connectivity index (χ3v) is 8.65. The van der Waals surface area contributed by atoms with Crippen LogP contribution in [-0.2, 0) is 26.2 Å². The van der Waals surface area contributed by atoms with Crippen LogP contribution in [0, 0.1) is 0 Å². The second-order valence-corrected chi connectivity index (χ2v) is 13.3. The highest BCUT2D eigenvalue weighted by atomic mass is 35.5. The first-order chi connectivity index (χ1) is 18.7. The minimum absolute atomic E-state index is 0.0118. The second-order valence-electron chi connectivity index (χ2n) is 10.2. The Kier molecular flexibility index (Phi) is 10.5. The quantitative estimate of drug-likeness (QED) is 0.277. The maximum absolute atomic E-state index is 14.1. The van der Waals surface area contributed by atoms with E-state index in [9.17, 15) is 18.0 Å². The number of carbonyl (C=O) groups excluding carboxylic acids is 2. The van der Waals surface area contributed by atoms with Gasteiger partial charge in [0, 0.05) is 22.1 Å². The van der Waals surface area contributed by atoms with Crippen LogP contribution in [0.4, 0.5) is 5.69 Å². The molecule has 0 fully saturated rings. The zero-order valence-corrected chi connectivity index (χ0v) is 25.8. The molecule has 0 aliphatic heterocycles. The molecule has 0 saturated carbocycles. The zero-order chi connectivity index (χ0) is 29.7. The van der Waals surface area contributed by atoms with Crippen molar-refractivity contribution in [3.63, 3.8) is 0 Å². The number of anilines is 1. The predicted octanol–water partition coefficient (Wildman–Crippen LogP) is 6.56. The molecule has 0 aliphatic carbocycles. The van der Waals surface area contributed by atoms with Gasteiger partial charge in [-0.1, -0.05) is 78.1 Å². The van der Waals surface area contributed by atoms with E-state index >= 15 is 0 Å². The molecule has 0 radical (unpaired) electrons. The van der Waals surface area contributed by atoms with E-state index < -0.39 is 34.1 Å². The molecule has 3 aromatic rings. The molecule has 0 saturated heterocycles. The topological polar surface area (TPSA) is 86.8 Å². The van der Waals surface area contributed by atoms with Gasteiger partial charge in [-0.05, 0) is 69.2 Å². The molecule has 0 heterocycles. The number of carbonyl (C=O) groups is 2. The molecule has 0 unspecified atom stereocenters. The third-order valence-electron chi connectivity index (χ3n) is 5.97. The summed E-state index contributed by atoms with van der Waals surface area (Å²) in [4.78, 5) is 28.8. The SMILES string of the molecule is CC[C@H](C(=O)NC(C)(C)C)N(Cc1ccccc1Cl)C(=O)CN(c1ccc(Cl)cc1Cl)S(=O)(=O)c1ccccc1. The maximum atomic E-state index is 14.1. The van der Waals surface area contributed by atoms with E-state index in [1.165, 1.54) is 35.2 Å². The minimum Gasteiger partial charge on any atom is -0.350 e. The van der Waals surface area contributed by atoms with Gasteiger partial charge in [-0.3, -0.25) is 13.9 Å². The lowest BCUT2D eigenvalue weighted by molar-refractivity contribution is -0.141. The van der Waals surface area contributed by atoms with Crippen LogP contribution in [0.3, 0.4) is 0 Å². The highest BCUT2D eigenvalue weighted by Crippen LogP contribution is 2.33. The fourth-order valence-corrected chi connectivity index (χ4v) is 6.31. The van der Waals surface area contributed by atoms with E-state index in [0.717, 1.165) is 4.31 Å². The smallest absolute Gasteiger partial charge is 0.264 e. The number of amides is 2. The van der Waals surface area contributed by atoms with E-state index in [0.29, 0.717) is 15.6 Å². The Morgan fingerprint density at radius 1 is 0.900 bits per heavy atom. The Balaban J connectivity index is 2.11.